The number of fused-ring (bicyclic) bond motifs is 3. The molecular weight excluding hydrogens is 459 g/mol. The van der Waals surface area contributed by atoms with Gasteiger partial charge >= 0.3 is 0 Å². The molecule has 0 unspecified atom stereocenters. The number of nitrogens with zero attached hydrogens (tertiary/aromatic N) is 2. The summed E-state index contributed by atoms with van der Waals surface area (Å²) in [7, 11) is 0. The second-order valence-corrected chi connectivity index (χ2v) is 8.92. The van der Waals surface area contributed by atoms with Crippen LogP contribution in [0.3, 0.4) is 0 Å². The molecule has 0 atom stereocenters. The Morgan fingerprint density at radius 2 is 1.15 bits per heavy atom. The van der Waals surface area contributed by atoms with Crippen LogP contribution in [0.5, 0.6) is 11.5 Å². The Hall–Kier alpha value is -1.66. The van der Waals surface area contributed by atoms with Gasteiger partial charge in [0, 0.05) is 29.9 Å². The van der Waals surface area contributed by atoms with E-state index in [4.69, 9.17) is 13.9 Å². The molecule has 3 heterocycles. The van der Waals surface area contributed by atoms with Crippen molar-refractivity contribution in [3.8, 4) is 11.5 Å². The predicted octanol–water partition coefficient (Wildman–Crippen LogP) is 6.16. The van der Waals surface area contributed by atoms with Crippen LogP contribution in [-0.4, -0.2) is 62.3 Å². The minimum Gasteiger partial charge on any atom is -0.492 e. The molecular formula is C26H36Cl2N2O3. The van der Waals surface area contributed by atoms with Crippen molar-refractivity contribution in [1.29, 1.82) is 0 Å². The fraction of sp³-hybridized carbons (Fsp3) is 0.538. The molecule has 2 fully saturated rings. The third-order valence-corrected chi connectivity index (χ3v) is 6.66. The number of benzene rings is 2. The molecule has 2 aliphatic heterocycles. The third kappa shape index (κ3) is 6.69. The Labute approximate surface area is 209 Å². The smallest absolute Gasteiger partial charge is 0.139 e. The lowest BCUT2D eigenvalue weighted by Crippen LogP contribution is -2.33. The summed E-state index contributed by atoms with van der Waals surface area (Å²) in [6.45, 7) is 8.27. The average molecular weight is 495 g/mol. The zero-order chi connectivity index (χ0) is 20.9. The summed E-state index contributed by atoms with van der Waals surface area (Å²) in [4.78, 5) is 5.00. The van der Waals surface area contributed by atoms with Gasteiger partial charge in [0.2, 0.25) is 0 Å². The van der Waals surface area contributed by atoms with Crippen LogP contribution in [0.15, 0.2) is 40.8 Å². The molecule has 3 aromatic rings. The lowest BCUT2D eigenvalue weighted by Gasteiger charge is -2.26. The van der Waals surface area contributed by atoms with E-state index in [1.165, 1.54) is 64.7 Å². The van der Waals surface area contributed by atoms with Gasteiger partial charge in [-0.15, -0.1) is 24.8 Å². The maximum absolute atomic E-state index is 6.09. The van der Waals surface area contributed by atoms with Crippen LogP contribution in [0.25, 0.3) is 21.9 Å². The monoisotopic (exact) mass is 494 g/mol. The van der Waals surface area contributed by atoms with E-state index in [1.807, 2.05) is 18.2 Å². The number of furan rings is 1. The van der Waals surface area contributed by atoms with E-state index in [0.717, 1.165) is 59.7 Å². The van der Waals surface area contributed by atoms with Crippen molar-refractivity contribution >= 4 is 46.8 Å². The van der Waals surface area contributed by atoms with Crippen molar-refractivity contribution in [2.45, 2.75) is 38.5 Å². The highest BCUT2D eigenvalue weighted by atomic mass is 35.5. The molecule has 33 heavy (non-hydrogen) atoms. The first-order valence-electron chi connectivity index (χ1n) is 12.0. The summed E-state index contributed by atoms with van der Waals surface area (Å²) >= 11 is 0. The molecule has 1 aromatic heterocycles. The van der Waals surface area contributed by atoms with Gasteiger partial charge in [-0.25, -0.2) is 0 Å². The molecule has 0 N–H and O–H groups in total. The zero-order valence-corrected chi connectivity index (χ0v) is 20.9. The van der Waals surface area contributed by atoms with Crippen LogP contribution in [0, 0.1) is 0 Å². The number of likely N-dealkylation sites (tertiary alicyclic amines) is 2. The van der Waals surface area contributed by atoms with Gasteiger partial charge in [-0.2, -0.15) is 0 Å². The van der Waals surface area contributed by atoms with E-state index >= 15 is 0 Å². The molecule has 0 amide bonds. The summed E-state index contributed by atoms with van der Waals surface area (Å²) in [5, 5.41) is 2.21. The van der Waals surface area contributed by atoms with Crippen molar-refractivity contribution in [2.24, 2.45) is 0 Å². The number of piperidine rings is 2. The zero-order valence-electron chi connectivity index (χ0n) is 19.3. The first-order valence-corrected chi connectivity index (χ1v) is 12.0. The van der Waals surface area contributed by atoms with Crippen LogP contribution >= 0.6 is 24.8 Å². The Bertz CT molecular complexity index is 998. The highest BCUT2D eigenvalue weighted by Crippen LogP contribution is 2.33. The van der Waals surface area contributed by atoms with Crippen molar-refractivity contribution in [3.63, 3.8) is 0 Å². The molecule has 0 bridgehead atoms. The first kappa shape index (κ1) is 26.0. The van der Waals surface area contributed by atoms with Crippen molar-refractivity contribution in [1.82, 2.24) is 9.80 Å². The quantitative estimate of drug-likeness (QED) is 0.374. The van der Waals surface area contributed by atoms with Crippen LogP contribution < -0.4 is 9.47 Å². The highest BCUT2D eigenvalue weighted by molar-refractivity contribution is 6.05. The van der Waals surface area contributed by atoms with Gasteiger partial charge in [0.25, 0.3) is 0 Å². The van der Waals surface area contributed by atoms with E-state index in [1.54, 1.807) is 0 Å². The second kappa shape index (κ2) is 12.7. The van der Waals surface area contributed by atoms with Crippen LogP contribution in [-0.2, 0) is 0 Å². The largest absolute Gasteiger partial charge is 0.492 e. The summed E-state index contributed by atoms with van der Waals surface area (Å²) in [6, 6.07) is 12.3. The molecule has 0 saturated carbocycles. The minimum absolute atomic E-state index is 0. The molecule has 2 saturated heterocycles. The summed E-state index contributed by atoms with van der Waals surface area (Å²) in [6.07, 6.45) is 8.00. The Morgan fingerprint density at radius 1 is 0.606 bits per heavy atom. The Balaban J connectivity index is 0.00000153. The average Bonchev–Trinajstić information content (AvgIpc) is 3.18. The summed E-state index contributed by atoms with van der Waals surface area (Å²) in [5.74, 6) is 1.79. The van der Waals surface area contributed by atoms with Crippen LogP contribution in [0.2, 0.25) is 0 Å². The SMILES string of the molecule is Cl.Cl.c1cc2c(cc1OCCN1CCCCC1)oc1ccc(OCCN3CCCCC3)cc12. The standard InChI is InChI=1S/C26H34N2O3.2ClH/c1-3-11-27(12-4-1)15-17-29-21-8-10-25-24(19-21)23-9-7-22(20-26(23)31-25)30-18-16-28-13-5-2-6-14-28;;/h7-10,19-20H,1-6,11-18H2;2*1H. The van der Waals surface area contributed by atoms with Crippen LogP contribution in [0.4, 0.5) is 0 Å². The number of rotatable bonds is 8. The van der Waals surface area contributed by atoms with E-state index in [9.17, 15) is 0 Å². The molecule has 0 aliphatic carbocycles. The normalized spacial score (nSPS) is 17.5. The van der Waals surface area contributed by atoms with Crippen LogP contribution in [0.1, 0.15) is 38.5 Å². The highest BCUT2D eigenvalue weighted by Gasteiger charge is 2.13. The lowest BCUT2D eigenvalue weighted by molar-refractivity contribution is 0.183. The van der Waals surface area contributed by atoms with Gasteiger partial charge in [-0.05, 0) is 82.2 Å². The van der Waals surface area contributed by atoms with E-state index in [-0.39, 0.29) is 24.8 Å². The van der Waals surface area contributed by atoms with Gasteiger partial charge in [0.15, 0.2) is 0 Å². The second-order valence-electron chi connectivity index (χ2n) is 8.92. The van der Waals surface area contributed by atoms with Gasteiger partial charge < -0.3 is 13.9 Å². The van der Waals surface area contributed by atoms with Crippen molar-refractivity contribution < 1.29 is 13.9 Å². The molecule has 7 heteroatoms. The molecule has 0 radical (unpaired) electrons. The van der Waals surface area contributed by atoms with Gasteiger partial charge in [0.05, 0.1) is 0 Å². The topological polar surface area (TPSA) is 38.1 Å². The minimum atomic E-state index is 0. The number of hydrogen-bond donors (Lipinski definition) is 0. The fourth-order valence-electron chi connectivity index (χ4n) is 4.87. The van der Waals surface area contributed by atoms with E-state index < -0.39 is 0 Å². The Morgan fingerprint density at radius 3 is 1.76 bits per heavy atom. The van der Waals surface area contributed by atoms with E-state index in [0.29, 0.717) is 0 Å². The van der Waals surface area contributed by atoms with Crippen molar-refractivity contribution in [2.75, 3.05) is 52.5 Å². The van der Waals surface area contributed by atoms with Crippen molar-refractivity contribution in [3.05, 3.63) is 36.4 Å². The maximum atomic E-state index is 6.09. The summed E-state index contributed by atoms with van der Waals surface area (Å²) in [5.41, 5.74) is 1.76. The molecule has 0 spiro atoms. The molecule has 5 nitrogen and oxygen atoms in total. The number of ether oxygens (including phenoxy) is 2. The molecule has 2 aromatic carbocycles. The predicted molar refractivity (Wildman–Crippen MR) is 140 cm³/mol. The Kier molecular flexibility index (Phi) is 9.99. The fourth-order valence-corrected chi connectivity index (χ4v) is 4.87. The first-order chi connectivity index (χ1) is 15.3. The van der Waals surface area contributed by atoms with E-state index in [2.05, 4.69) is 28.0 Å². The van der Waals surface area contributed by atoms with Gasteiger partial charge in [-0.1, -0.05) is 12.8 Å². The number of hydrogen-bond acceptors (Lipinski definition) is 5. The summed E-state index contributed by atoms with van der Waals surface area (Å²) < 4.78 is 18.2. The van der Waals surface area contributed by atoms with Gasteiger partial charge in [-0.3, -0.25) is 9.80 Å². The number of halogens is 2. The van der Waals surface area contributed by atoms with Gasteiger partial charge in [0.1, 0.15) is 35.9 Å². The third-order valence-electron chi connectivity index (χ3n) is 6.66. The molecule has 5 rings (SSSR count). The maximum Gasteiger partial charge on any atom is 0.139 e. The lowest BCUT2D eigenvalue weighted by atomic mass is 10.1. The molecule has 182 valence electrons. The molecule has 2 aliphatic rings.